The zero-order valence-electron chi connectivity index (χ0n) is 22.8. The van der Waals surface area contributed by atoms with Crippen molar-refractivity contribution < 1.29 is 13.2 Å². The summed E-state index contributed by atoms with van der Waals surface area (Å²) in [6.07, 6.45) is -1.23. The molecule has 8 rings (SSSR count). The minimum atomic E-state index is -4.64. The number of nitrogens with zero attached hydrogens (tertiary/aromatic N) is 5. The van der Waals surface area contributed by atoms with Gasteiger partial charge in [0.2, 0.25) is 0 Å². The van der Waals surface area contributed by atoms with Gasteiger partial charge in [0.15, 0.2) is 5.69 Å². The number of aryl methyl sites for hydroxylation is 1. The molecule has 3 aromatic heterocycles. The maximum absolute atomic E-state index is 13.7. The highest BCUT2D eigenvalue weighted by Gasteiger charge is 2.54. The highest BCUT2D eigenvalue weighted by molar-refractivity contribution is 6.32. The van der Waals surface area contributed by atoms with E-state index >= 15 is 0 Å². The Balaban J connectivity index is 1.17. The molecule has 5 aromatic rings. The highest BCUT2D eigenvalue weighted by atomic mass is 35.5. The van der Waals surface area contributed by atoms with E-state index in [1.165, 1.54) is 6.07 Å². The van der Waals surface area contributed by atoms with Crippen LogP contribution in [-0.4, -0.2) is 29.5 Å². The molecule has 1 saturated carbocycles. The number of fused-ring (bicyclic) bond motifs is 4. The maximum Gasteiger partial charge on any atom is 0.436 e. The van der Waals surface area contributed by atoms with Gasteiger partial charge in [0.05, 0.1) is 17.9 Å². The normalized spacial score (nSPS) is 20.2. The summed E-state index contributed by atoms with van der Waals surface area (Å²) in [7, 11) is 0. The first-order valence-corrected chi connectivity index (χ1v) is 14.7. The summed E-state index contributed by atoms with van der Waals surface area (Å²) in [4.78, 5) is 21.9. The van der Waals surface area contributed by atoms with Gasteiger partial charge in [-0.25, -0.2) is 9.67 Å². The Labute approximate surface area is 258 Å². The fourth-order valence-corrected chi connectivity index (χ4v) is 6.94. The fraction of sp³-hybridized carbons (Fsp3) is 0.226. The van der Waals surface area contributed by atoms with E-state index in [2.05, 4.69) is 33.3 Å². The van der Waals surface area contributed by atoms with Gasteiger partial charge in [0.1, 0.15) is 16.7 Å². The number of anilines is 1. The summed E-state index contributed by atoms with van der Waals surface area (Å²) < 4.78 is 42.5. The lowest BCUT2D eigenvalue weighted by atomic mass is 9.98. The average Bonchev–Trinajstić information content (AvgIpc) is 3.28. The Morgan fingerprint density at radius 3 is 2.66 bits per heavy atom. The Kier molecular flexibility index (Phi) is 5.92. The summed E-state index contributed by atoms with van der Waals surface area (Å²) in [5.74, 6) is 0.907. The predicted octanol–water partition coefficient (Wildman–Crippen LogP) is 7.39. The van der Waals surface area contributed by atoms with Crippen LogP contribution in [0.3, 0.4) is 0 Å². The van der Waals surface area contributed by atoms with E-state index in [1.54, 1.807) is 22.8 Å². The molecule has 1 fully saturated rings. The zero-order chi connectivity index (χ0) is 30.5. The predicted molar refractivity (Wildman–Crippen MR) is 160 cm³/mol. The van der Waals surface area contributed by atoms with E-state index in [-0.39, 0.29) is 23.4 Å². The topological polar surface area (TPSA) is 93.4 Å². The lowest BCUT2D eigenvalue weighted by molar-refractivity contribution is -0.141. The van der Waals surface area contributed by atoms with Crippen molar-refractivity contribution in [1.82, 2.24) is 29.5 Å². The van der Waals surface area contributed by atoms with Crippen molar-refractivity contribution >= 4 is 28.9 Å². The molecule has 0 bridgehead atoms. The molecule has 3 unspecified atom stereocenters. The van der Waals surface area contributed by atoms with E-state index in [0.717, 1.165) is 58.3 Å². The van der Waals surface area contributed by atoms with Crippen LogP contribution in [0.2, 0.25) is 10.2 Å². The number of H-pyrrole nitrogens is 1. The van der Waals surface area contributed by atoms with Gasteiger partial charge >= 0.3 is 6.18 Å². The van der Waals surface area contributed by atoms with Crippen molar-refractivity contribution in [3.63, 3.8) is 0 Å². The molecule has 2 N–H and O–H groups in total. The van der Waals surface area contributed by atoms with Crippen LogP contribution in [0.15, 0.2) is 71.8 Å². The Hall–Kier alpha value is -4.35. The van der Waals surface area contributed by atoms with Crippen molar-refractivity contribution in [1.29, 1.82) is 0 Å². The molecule has 1 aliphatic carbocycles. The first-order valence-electron chi connectivity index (χ1n) is 13.9. The Morgan fingerprint density at radius 2 is 1.86 bits per heavy atom. The quantitative estimate of drug-likeness (QED) is 0.215. The molecule has 0 radical (unpaired) electrons. The van der Waals surface area contributed by atoms with Gasteiger partial charge in [-0.3, -0.25) is 4.79 Å². The lowest BCUT2D eigenvalue weighted by Crippen LogP contribution is -2.26. The van der Waals surface area contributed by atoms with Gasteiger partial charge in [-0.2, -0.15) is 13.2 Å². The Bertz CT molecular complexity index is 2080. The van der Waals surface area contributed by atoms with Crippen LogP contribution in [0.25, 0.3) is 28.1 Å². The zero-order valence-corrected chi connectivity index (χ0v) is 24.3. The number of allylic oxidation sites excluding steroid dienone is 1. The summed E-state index contributed by atoms with van der Waals surface area (Å²) in [5.41, 5.74) is 5.43. The summed E-state index contributed by atoms with van der Waals surface area (Å²) in [6, 6.07) is 13.8. The first kappa shape index (κ1) is 27.2. The van der Waals surface area contributed by atoms with Crippen molar-refractivity contribution in [2.45, 2.75) is 37.4 Å². The van der Waals surface area contributed by atoms with Crippen LogP contribution in [0.5, 0.6) is 0 Å². The molecule has 3 aliphatic rings. The molecule has 0 saturated heterocycles. The third kappa shape index (κ3) is 4.36. The Morgan fingerprint density at radius 1 is 1.02 bits per heavy atom. The summed E-state index contributed by atoms with van der Waals surface area (Å²) >= 11 is 13.0. The number of hydrogen-bond acceptors (Lipinski definition) is 5. The van der Waals surface area contributed by atoms with E-state index in [9.17, 15) is 18.0 Å². The van der Waals surface area contributed by atoms with E-state index in [0.29, 0.717) is 38.5 Å². The number of imidazole rings is 1. The fourth-order valence-electron chi connectivity index (χ4n) is 6.52. The third-order valence-corrected chi connectivity index (χ3v) is 9.15. The maximum atomic E-state index is 13.7. The molecule has 2 aromatic carbocycles. The van der Waals surface area contributed by atoms with E-state index in [1.807, 2.05) is 18.2 Å². The van der Waals surface area contributed by atoms with Crippen LogP contribution in [0, 0.1) is 5.92 Å². The molecule has 222 valence electrons. The van der Waals surface area contributed by atoms with Gasteiger partial charge in [-0.15, -0.1) is 5.10 Å². The molecule has 2 aliphatic heterocycles. The van der Waals surface area contributed by atoms with Gasteiger partial charge < -0.3 is 14.9 Å². The standard InChI is InChI=1S/C31H22Cl2F3N7O/c1-14-2-3-15-8-16(4-6-22(15)37-14)27-29(33)39-30(38-27)28-21-12-20(21)24-9-17(10-26(44)43(24)28)19-11-18(32)5-7-23(19)42-13-25(40-41-42)31(34,35)36/h4-11,13,20-21,28,37H,1-3,12H2,(H,38,39). The van der Waals surface area contributed by atoms with Crippen LogP contribution in [-0.2, 0) is 12.6 Å². The third-order valence-electron chi connectivity index (χ3n) is 8.65. The number of rotatable bonds is 4. The van der Waals surface area contributed by atoms with Gasteiger partial charge in [0.25, 0.3) is 5.56 Å². The van der Waals surface area contributed by atoms with Crippen molar-refractivity contribution in [3.05, 3.63) is 110 Å². The minimum Gasteiger partial charge on any atom is -0.359 e. The van der Waals surface area contributed by atoms with Crippen LogP contribution < -0.4 is 10.9 Å². The largest absolute Gasteiger partial charge is 0.436 e. The van der Waals surface area contributed by atoms with Crippen LogP contribution in [0.1, 0.15) is 47.6 Å². The number of aromatic nitrogens is 6. The second-order valence-corrected chi connectivity index (χ2v) is 12.2. The molecule has 0 spiro atoms. The monoisotopic (exact) mass is 635 g/mol. The molecule has 5 heterocycles. The van der Waals surface area contributed by atoms with Crippen molar-refractivity contribution in [2.24, 2.45) is 5.92 Å². The molecular weight excluding hydrogens is 614 g/mol. The molecule has 13 heteroatoms. The highest BCUT2D eigenvalue weighted by Crippen LogP contribution is 2.60. The smallest absolute Gasteiger partial charge is 0.359 e. The number of halogens is 5. The second kappa shape index (κ2) is 9.57. The van der Waals surface area contributed by atoms with Gasteiger partial charge in [0, 0.05) is 45.2 Å². The molecule has 3 atom stereocenters. The number of alkyl halides is 3. The second-order valence-electron chi connectivity index (χ2n) is 11.4. The number of aromatic amines is 1. The van der Waals surface area contributed by atoms with Crippen molar-refractivity contribution in [2.75, 3.05) is 5.32 Å². The number of pyridine rings is 1. The molecule has 8 nitrogen and oxygen atoms in total. The van der Waals surface area contributed by atoms with E-state index < -0.39 is 11.9 Å². The lowest BCUT2D eigenvalue weighted by Gasteiger charge is -2.20. The number of nitrogens with one attached hydrogen (secondary N) is 2. The summed E-state index contributed by atoms with van der Waals surface area (Å²) in [6.45, 7) is 4.02. The average molecular weight is 636 g/mol. The SMILES string of the molecule is C=C1CCc2cc(-c3nc(C4C5CC5c5cc(-c6cc(Cl)ccc6-n6cc(C(F)(F)F)nn6)cc(=O)n54)[nH]c3Cl)ccc2N1. The summed E-state index contributed by atoms with van der Waals surface area (Å²) in [5, 5.41) is 11.0. The van der Waals surface area contributed by atoms with Gasteiger partial charge in [-0.05, 0) is 72.7 Å². The molecular formula is C31H22Cl2F3N7O. The number of hydrogen-bond donors (Lipinski definition) is 2. The molecule has 0 amide bonds. The van der Waals surface area contributed by atoms with Crippen LogP contribution in [0.4, 0.5) is 18.9 Å². The van der Waals surface area contributed by atoms with Crippen LogP contribution >= 0.6 is 23.2 Å². The van der Waals surface area contributed by atoms with E-state index in [4.69, 9.17) is 28.2 Å². The number of benzene rings is 2. The van der Waals surface area contributed by atoms with Gasteiger partial charge in [-0.1, -0.05) is 41.1 Å². The first-order chi connectivity index (χ1) is 21.0. The van der Waals surface area contributed by atoms with Crippen molar-refractivity contribution in [3.8, 4) is 28.1 Å². The molecule has 44 heavy (non-hydrogen) atoms. The minimum absolute atomic E-state index is 0.133.